The van der Waals surface area contributed by atoms with Gasteiger partial charge in [-0.05, 0) is 70.7 Å². The first-order valence-electron chi connectivity index (χ1n) is 7.43. The van der Waals surface area contributed by atoms with E-state index in [0.717, 1.165) is 6.42 Å². The molecule has 0 aromatic heterocycles. The third-order valence-corrected chi connectivity index (χ3v) is 5.09. The second-order valence-electron chi connectivity index (χ2n) is 6.68. The summed E-state index contributed by atoms with van der Waals surface area (Å²) in [5.41, 5.74) is 9.62. The van der Waals surface area contributed by atoms with Gasteiger partial charge < -0.3 is 10.6 Å². The minimum absolute atomic E-state index is 0.0480. The zero-order valence-electron chi connectivity index (χ0n) is 12.8. The van der Waals surface area contributed by atoms with Crippen molar-refractivity contribution in [2.75, 3.05) is 14.1 Å². The van der Waals surface area contributed by atoms with Crippen molar-refractivity contribution in [3.63, 3.8) is 0 Å². The first-order chi connectivity index (χ1) is 8.93. The van der Waals surface area contributed by atoms with Crippen molar-refractivity contribution in [1.29, 1.82) is 0 Å². The van der Waals surface area contributed by atoms with Crippen LogP contribution in [0, 0.1) is 0 Å². The van der Waals surface area contributed by atoms with Crippen LogP contribution in [0.3, 0.4) is 0 Å². The molecule has 19 heavy (non-hydrogen) atoms. The summed E-state index contributed by atoms with van der Waals surface area (Å²) in [7, 11) is 4.24. The average Bonchev–Trinajstić information content (AvgIpc) is 2.39. The van der Waals surface area contributed by atoms with Gasteiger partial charge in [-0.15, -0.1) is 0 Å². The predicted octanol–water partition coefficient (Wildman–Crippen LogP) is 3.16. The molecule has 2 unspecified atom stereocenters. The molecule has 2 atom stereocenters. The molecule has 1 aromatic carbocycles. The molecule has 1 aliphatic rings. The van der Waals surface area contributed by atoms with Crippen LogP contribution in [0.2, 0.25) is 0 Å². The van der Waals surface area contributed by atoms with Gasteiger partial charge in [-0.2, -0.15) is 0 Å². The molecule has 1 aliphatic carbocycles. The molecule has 2 heteroatoms. The Balaban J connectivity index is 2.13. The van der Waals surface area contributed by atoms with E-state index in [1.54, 1.807) is 5.56 Å². The average molecular weight is 260 g/mol. The van der Waals surface area contributed by atoms with Crippen LogP contribution in [0.25, 0.3) is 0 Å². The summed E-state index contributed by atoms with van der Waals surface area (Å²) < 4.78 is 0. The molecule has 2 nitrogen and oxygen atoms in total. The van der Waals surface area contributed by atoms with Gasteiger partial charge in [-0.25, -0.2) is 0 Å². The van der Waals surface area contributed by atoms with Crippen LogP contribution >= 0.6 is 0 Å². The molecular formula is C17H28N2. The highest BCUT2D eigenvalue weighted by Gasteiger charge is 2.32. The third kappa shape index (κ3) is 3.01. The Morgan fingerprint density at radius 3 is 2.68 bits per heavy atom. The summed E-state index contributed by atoms with van der Waals surface area (Å²) in [6.45, 7) is 4.48. The molecule has 0 heterocycles. The van der Waals surface area contributed by atoms with Crippen LogP contribution in [-0.4, -0.2) is 30.6 Å². The van der Waals surface area contributed by atoms with Crippen molar-refractivity contribution in [2.24, 2.45) is 5.73 Å². The lowest BCUT2D eigenvalue weighted by atomic mass is 9.76. The SMILES string of the molecule is CN(C)C(C)(C)C(N)CC1CCCc2ccccc21. The molecule has 2 N–H and O–H groups in total. The first-order valence-corrected chi connectivity index (χ1v) is 7.43. The number of hydrogen-bond donors (Lipinski definition) is 1. The normalized spacial score (nSPS) is 21.3. The second kappa shape index (κ2) is 5.64. The fourth-order valence-electron chi connectivity index (χ4n) is 3.03. The van der Waals surface area contributed by atoms with Crippen LogP contribution in [0.4, 0.5) is 0 Å². The Hall–Kier alpha value is -0.860. The minimum atomic E-state index is 0.0480. The van der Waals surface area contributed by atoms with E-state index in [2.05, 4.69) is 57.1 Å². The van der Waals surface area contributed by atoms with Crippen molar-refractivity contribution < 1.29 is 0 Å². The molecule has 0 radical (unpaired) electrons. The summed E-state index contributed by atoms with van der Waals surface area (Å²) in [6, 6.07) is 9.11. The van der Waals surface area contributed by atoms with Crippen LogP contribution < -0.4 is 5.73 Å². The van der Waals surface area contributed by atoms with Crippen molar-refractivity contribution in [1.82, 2.24) is 4.90 Å². The monoisotopic (exact) mass is 260 g/mol. The molecule has 0 fully saturated rings. The zero-order chi connectivity index (χ0) is 14.0. The molecule has 1 aromatic rings. The molecule has 0 saturated heterocycles. The van der Waals surface area contributed by atoms with Gasteiger partial charge in [0.15, 0.2) is 0 Å². The number of fused-ring (bicyclic) bond motifs is 1. The van der Waals surface area contributed by atoms with Crippen LogP contribution in [0.15, 0.2) is 24.3 Å². The van der Waals surface area contributed by atoms with E-state index < -0.39 is 0 Å². The van der Waals surface area contributed by atoms with Gasteiger partial charge in [0.25, 0.3) is 0 Å². The molecule has 0 amide bonds. The fourth-order valence-corrected chi connectivity index (χ4v) is 3.03. The third-order valence-electron chi connectivity index (χ3n) is 5.09. The molecule has 0 spiro atoms. The topological polar surface area (TPSA) is 29.3 Å². The van der Waals surface area contributed by atoms with Crippen molar-refractivity contribution >= 4 is 0 Å². The van der Waals surface area contributed by atoms with Gasteiger partial charge >= 0.3 is 0 Å². The van der Waals surface area contributed by atoms with E-state index in [0.29, 0.717) is 5.92 Å². The van der Waals surface area contributed by atoms with Gasteiger partial charge in [-0.1, -0.05) is 24.3 Å². The van der Waals surface area contributed by atoms with Gasteiger partial charge in [0.2, 0.25) is 0 Å². The van der Waals surface area contributed by atoms with E-state index in [9.17, 15) is 0 Å². The smallest absolute Gasteiger partial charge is 0.0298 e. The number of rotatable bonds is 4. The first kappa shape index (κ1) is 14.5. The van der Waals surface area contributed by atoms with Crippen LogP contribution in [-0.2, 0) is 6.42 Å². The Morgan fingerprint density at radius 1 is 1.32 bits per heavy atom. The number of benzene rings is 1. The number of aryl methyl sites for hydroxylation is 1. The summed E-state index contributed by atoms with van der Waals surface area (Å²) in [5, 5.41) is 0. The van der Waals surface area contributed by atoms with Gasteiger partial charge in [-0.3, -0.25) is 0 Å². The molecule has 2 rings (SSSR count). The predicted molar refractivity (Wildman–Crippen MR) is 82.5 cm³/mol. The molecule has 0 aliphatic heterocycles. The molecular weight excluding hydrogens is 232 g/mol. The number of nitrogens with zero attached hydrogens (tertiary/aromatic N) is 1. The quantitative estimate of drug-likeness (QED) is 0.901. The maximum absolute atomic E-state index is 6.50. The summed E-state index contributed by atoms with van der Waals surface area (Å²) in [4.78, 5) is 2.24. The van der Waals surface area contributed by atoms with Gasteiger partial charge in [0.1, 0.15) is 0 Å². The largest absolute Gasteiger partial charge is 0.326 e. The highest BCUT2D eigenvalue weighted by atomic mass is 15.2. The Morgan fingerprint density at radius 2 is 2.00 bits per heavy atom. The van der Waals surface area contributed by atoms with Crippen molar-refractivity contribution in [3.8, 4) is 0 Å². The lowest BCUT2D eigenvalue weighted by molar-refractivity contribution is 0.147. The summed E-state index contributed by atoms with van der Waals surface area (Å²) in [5.74, 6) is 0.638. The van der Waals surface area contributed by atoms with E-state index >= 15 is 0 Å². The standard InChI is InChI=1S/C17H28N2/c1-17(2,19(3)4)16(18)12-14-10-7-9-13-8-5-6-11-15(13)14/h5-6,8,11,14,16H,7,9-10,12,18H2,1-4H3. The Kier molecular flexibility index (Phi) is 4.32. The lowest BCUT2D eigenvalue weighted by Gasteiger charge is -2.40. The maximum Gasteiger partial charge on any atom is 0.0298 e. The summed E-state index contributed by atoms with van der Waals surface area (Å²) >= 11 is 0. The minimum Gasteiger partial charge on any atom is -0.326 e. The highest BCUT2D eigenvalue weighted by molar-refractivity contribution is 5.32. The van der Waals surface area contributed by atoms with E-state index in [4.69, 9.17) is 5.73 Å². The van der Waals surface area contributed by atoms with Crippen LogP contribution in [0.1, 0.15) is 50.2 Å². The van der Waals surface area contributed by atoms with E-state index in [1.165, 1.54) is 24.8 Å². The van der Waals surface area contributed by atoms with Crippen molar-refractivity contribution in [2.45, 2.75) is 57.0 Å². The summed E-state index contributed by atoms with van der Waals surface area (Å²) in [6.07, 6.45) is 4.91. The number of nitrogens with two attached hydrogens (primary N) is 1. The molecule has 0 saturated carbocycles. The van der Waals surface area contributed by atoms with E-state index in [-0.39, 0.29) is 11.6 Å². The maximum atomic E-state index is 6.50. The lowest BCUT2D eigenvalue weighted by Crippen LogP contribution is -2.53. The van der Waals surface area contributed by atoms with Crippen molar-refractivity contribution in [3.05, 3.63) is 35.4 Å². The zero-order valence-corrected chi connectivity index (χ0v) is 12.8. The second-order valence-corrected chi connectivity index (χ2v) is 6.68. The number of likely N-dealkylation sites (N-methyl/N-ethyl adjacent to an activating group) is 1. The highest BCUT2D eigenvalue weighted by Crippen LogP contribution is 2.36. The number of hydrogen-bond acceptors (Lipinski definition) is 2. The molecule has 0 bridgehead atoms. The Labute approximate surface area is 118 Å². The van der Waals surface area contributed by atoms with E-state index in [1.807, 2.05) is 0 Å². The Bertz CT molecular complexity index is 423. The van der Waals surface area contributed by atoms with Gasteiger partial charge in [0, 0.05) is 11.6 Å². The van der Waals surface area contributed by atoms with Gasteiger partial charge in [0.05, 0.1) is 0 Å². The molecule has 106 valence electrons. The fraction of sp³-hybridized carbons (Fsp3) is 0.647. The van der Waals surface area contributed by atoms with Crippen LogP contribution in [0.5, 0.6) is 0 Å².